The van der Waals surface area contributed by atoms with Crippen LogP contribution in [0.2, 0.25) is 0 Å². The van der Waals surface area contributed by atoms with E-state index in [1.807, 2.05) is 30.7 Å². The molecule has 0 spiro atoms. The van der Waals surface area contributed by atoms with Crippen LogP contribution in [-0.2, 0) is 29.0 Å². The summed E-state index contributed by atoms with van der Waals surface area (Å²) in [6.45, 7) is 11.1. The maximum absolute atomic E-state index is 12.4. The number of carbonyl (C=O) groups is 2. The summed E-state index contributed by atoms with van der Waals surface area (Å²) in [5.41, 5.74) is 3.89. The summed E-state index contributed by atoms with van der Waals surface area (Å²) in [5, 5.41) is 5.84. The fourth-order valence-electron chi connectivity index (χ4n) is 3.04. The maximum atomic E-state index is 12.4. The summed E-state index contributed by atoms with van der Waals surface area (Å²) in [6.07, 6.45) is 4.04. The Kier molecular flexibility index (Phi) is 7.36. The number of esters is 1. The van der Waals surface area contributed by atoms with E-state index >= 15 is 0 Å². The summed E-state index contributed by atoms with van der Waals surface area (Å²) >= 11 is 1.60. The third kappa shape index (κ3) is 4.86. The topological polar surface area (TPSA) is 73.2 Å². The van der Waals surface area contributed by atoms with Gasteiger partial charge in [-0.05, 0) is 40.2 Å². The number of ether oxygens (including phenoxy) is 1. The Balaban J connectivity index is 2.16. The molecule has 2 rings (SSSR count). The smallest absolute Gasteiger partial charge is 0.340 e. The van der Waals surface area contributed by atoms with Crippen molar-refractivity contribution in [3.63, 3.8) is 0 Å². The van der Waals surface area contributed by atoms with Crippen molar-refractivity contribution in [2.24, 2.45) is 0 Å². The quantitative estimate of drug-likeness (QED) is 0.552. The van der Waals surface area contributed by atoms with Gasteiger partial charge in [-0.1, -0.05) is 6.92 Å². The molecule has 2 aromatic rings. The van der Waals surface area contributed by atoms with Gasteiger partial charge in [-0.15, -0.1) is 11.3 Å². The molecule has 1 amide bonds. The van der Waals surface area contributed by atoms with Crippen LogP contribution in [-0.4, -0.2) is 28.0 Å². The molecule has 0 saturated carbocycles. The van der Waals surface area contributed by atoms with E-state index < -0.39 is 0 Å². The van der Waals surface area contributed by atoms with Gasteiger partial charge in [-0.25, -0.2) is 9.78 Å². The van der Waals surface area contributed by atoms with Crippen molar-refractivity contribution in [3.8, 4) is 0 Å². The van der Waals surface area contributed by atoms with Crippen LogP contribution >= 0.6 is 11.3 Å². The van der Waals surface area contributed by atoms with Crippen LogP contribution < -0.4 is 5.32 Å². The molecule has 0 unspecified atom stereocenters. The molecule has 7 heteroatoms. The highest BCUT2D eigenvalue weighted by molar-refractivity contribution is 7.09. The van der Waals surface area contributed by atoms with E-state index in [0.29, 0.717) is 18.7 Å². The second kappa shape index (κ2) is 9.50. The molecule has 0 atom stereocenters. The first kappa shape index (κ1) is 20.9. The lowest BCUT2D eigenvalue weighted by molar-refractivity contribution is -0.116. The van der Waals surface area contributed by atoms with E-state index in [0.717, 1.165) is 40.6 Å². The van der Waals surface area contributed by atoms with Gasteiger partial charge in [0.1, 0.15) is 0 Å². The molecular weight excluding hydrogens is 362 g/mol. The Morgan fingerprint density at radius 1 is 1.26 bits per heavy atom. The van der Waals surface area contributed by atoms with Crippen molar-refractivity contribution < 1.29 is 14.3 Å². The van der Waals surface area contributed by atoms with Crippen LogP contribution in [0.25, 0.3) is 6.08 Å². The second-order valence-electron chi connectivity index (χ2n) is 6.06. The maximum Gasteiger partial charge on any atom is 0.340 e. The van der Waals surface area contributed by atoms with Gasteiger partial charge in [0, 0.05) is 35.0 Å². The molecule has 0 fully saturated rings. The standard InChI is InChI=1S/C20H27N3O3S/c1-6-18-22-15(12-27-18)11-21-17(24)10-9-16-13(4)23(7-2)14(5)19(16)20(25)26-8-3/h9-10,12H,6-8,11H2,1-5H3,(H,21,24)/b10-9+. The largest absolute Gasteiger partial charge is 0.462 e. The van der Waals surface area contributed by atoms with E-state index in [1.54, 1.807) is 24.3 Å². The van der Waals surface area contributed by atoms with Crippen LogP contribution in [0, 0.1) is 13.8 Å². The van der Waals surface area contributed by atoms with Crippen LogP contribution in [0.3, 0.4) is 0 Å². The van der Waals surface area contributed by atoms with Crippen molar-refractivity contribution in [1.82, 2.24) is 14.9 Å². The molecule has 0 aliphatic heterocycles. The highest BCUT2D eigenvalue weighted by Gasteiger charge is 2.22. The molecule has 2 heterocycles. The number of hydrogen-bond donors (Lipinski definition) is 1. The highest BCUT2D eigenvalue weighted by atomic mass is 32.1. The SMILES string of the molecule is CCOC(=O)c1c(/C=C/C(=O)NCc2csc(CC)n2)c(C)n(CC)c1C. The molecule has 6 nitrogen and oxygen atoms in total. The fourth-order valence-corrected chi connectivity index (χ4v) is 3.78. The first-order chi connectivity index (χ1) is 12.9. The van der Waals surface area contributed by atoms with E-state index in [4.69, 9.17) is 4.74 Å². The van der Waals surface area contributed by atoms with Crippen molar-refractivity contribution in [3.05, 3.63) is 44.7 Å². The Morgan fingerprint density at radius 3 is 2.59 bits per heavy atom. The number of aryl methyl sites for hydroxylation is 1. The highest BCUT2D eigenvalue weighted by Crippen LogP contribution is 2.25. The van der Waals surface area contributed by atoms with Gasteiger partial charge in [-0.2, -0.15) is 0 Å². The number of hydrogen-bond acceptors (Lipinski definition) is 5. The average Bonchev–Trinajstić information content (AvgIpc) is 3.20. The molecule has 0 radical (unpaired) electrons. The van der Waals surface area contributed by atoms with Crippen molar-refractivity contribution in [2.75, 3.05) is 6.61 Å². The Morgan fingerprint density at radius 2 is 2.00 bits per heavy atom. The zero-order chi connectivity index (χ0) is 20.0. The van der Waals surface area contributed by atoms with Gasteiger partial charge in [-0.3, -0.25) is 4.79 Å². The summed E-state index contributed by atoms with van der Waals surface area (Å²) in [7, 11) is 0. The van der Waals surface area contributed by atoms with E-state index in [2.05, 4.69) is 17.2 Å². The van der Waals surface area contributed by atoms with Crippen LogP contribution in [0.15, 0.2) is 11.5 Å². The fraction of sp³-hybridized carbons (Fsp3) is 0.450. The minimum Gasteiger partial charge on any atom is -0.462 e. The molecule has 27 heavy (non-hydrogen) atoms. The summed E-state index contributed by atoms with van der Waals surface area (Å²) < 4.78 is 7.24. The Labute approximate surface area is 164 Å². The monoisotopic (exact) mass is 389 g/mol. The lowest BCUT2D eigenvalue weighted by Gasteiger charge is -2.05. The van der Waals surface area contributed by atoms with Gasteiger partial charge in [0.05, 0.1) is 29.4 Å². The van der Waals surface area contributed by atoms with Gasteiger partial charge in [0.2, 0.25) is 5.91 Å². The lowest BCUT2D eigenvalue weighted by atomic mass is 10.1. The van der Waals surface area contributed by atoms with E-state index in [-0.39, 0.29) is 11.9 Å². The van der Waals surface area contributed by atoms with Crippen LogP contribution in [0.1, 0.15) is 58.8 Å². The number of nitrogens with zero attached hydrogens (tertiary/aromatic N) is 2. The molecule has 0 aliphatic rings. The van der Waals surface area contributed by atoms with Crippen LogP contribution in [0.4, 0.5) is 0 Å². The number of nitrogens with one attached hydrogen (secondary N) is 1. The first-order valence-corrected chi connectivity index (χ1v) is 10.1. The zero-order valence-electron chi connectivity index (χ0n) is 16.6. The third-order valence-electron chi connectivity index (χ3n) is 4.37. The lowest BCUT2D eigenvalue weighted by Crippen LogP contribution is -2.20. The molecule has 1 N–H and O–H groups in total. The molecule has 2 aromatic heterocycles. The molecule has 146 valence electrons. The average molecular weight is 390 g/mol. The number of thiazole rings is 1. The predicted molar refractivity (Wildman–Crippen MR) is 108 cm³/mol. The van der Waals surface area contributed by atoms with Crippen LogP contribution in [0.5, 0.6) is 0 Å². The number of amides is 1. The van der Waals surface area contributed by atoms with Gasteiger partial charge >= 0.3 is 5.97 Å². The molecule has 0 bridgehead atoms. The normalized spacial score (nSPS) is 11.1. The van der Waals surface area contributed by atoms with Gasteiger partial charge < -0.3 is 14.6 Å². The van der Waals surface area contributed by atoms with Crippen molar-refractivity contribution in [1.29, 1.82) is 0 Å². The van der Waals surface area contributed by atoms with Crippen molar-refractivity contribution >= 4 is 29.3 Å². The summed E-state index contributed by atoms with van der Waals surface area (Å²) in [5.74, 6) is -0.586. The Hall–Kier alpha value is -2.41. The van der Waals surface area contributed by atoms with E-state index in [9.17, 15) is 9.59 Å². The number of rotatable bonds is 8. The molecule has 0 aliphatic carbocycles. The van der Waals surface area contributed by atoms with Crippen molar-refractivity contribution in [2.45, 2.75) is 54.1 Å². The first-order valence-electron chi connectivity index (χ1n) is 9.18. The third-order valence-corrected chi connectivity index (χ3v) is 5.42. The minimum atomic E-state index is -0.361. The van der Waals surface area contributed by atoms with E-state index in [1.165, 1.54) is 6.08 Å². The minimum absolute atomic E-state index is 0.225. The van der Waals surface area contributed by atoms with Gasteiger partial charge in [0.25, 0.3) is 0 Å². The predicted octanol–water partition coefficient (Wildman–Crippen LogP) is 3.65. The molecule has 0 saturated heterocycles. The number of carbonyl (C=O) groups excluding carboxylic acids is 2. The molecular formula is C20H27N3O3S. The second-order valence-corrected chi connectivity index (χ2v) is 7.00. The molecule has 0 aromatic carbocycles. The summed E-state index contributed by atoms with van der Waals surface area (Å²) in [4.78, 5) is 29.0. The number of aromatic nitrogens is 2. The summed E-state index contributed by atoms with van der Waals surface area (Å²) in [6, 6.07) is 0. The zero-order valence-corrected chi connectivity index (χ0v) is 17.4. The van der Waals surface area contributed by atoms with Gasteiger partial charge in [0.15, 0.2) is 0 Å². The Bertz CT molecular complexity index is 849.